The van der Waals surface area contributed by atoms with Crippen LogP contribution in [0.25, 0.3) is 10.9 Å². The van der Waals surface area contributed by atoms with Crippen LogP contribution in [-0.2, 0) is 5.88 Å². The predicted molar refractivity (Wildman–Crippen MR) is 90.5 cm³/mol. The van der Waals surface area contributed by atoms with Crippen LogP contribution in [0.1, 0.15) is 5.69 Å². The first-order valence-corrected chi connectivity index (χ1v) is 7.95. The van der Waals surface area contributed by atoms with Gasteiger partial charge in [0.15, 0.2) is 0 Å². The summed E-state index contributed by atoms with van der Waals surface area (Å²) in [5, 5.41) is 1.46. The molecule has 0 bridgehead atoms. The molecule has 0 aliphatic rings. The van der Waals surface area contributed by atoms with Crippen molar-refractivity contribution in [3.05, 3.63) is 63.7 Å². The lowest BCUT2D eigenvalue weighted by molar-refractivity contribution is 0.487. The quantitative estimate of drug-likeness (QED) is 0.504. The second kappa shape index (κ2) is 6.22. The molecular formula is C16H10BrCl2NO. The Morgan fingerprint density at radius 3 is 2.62 bits per heavy atom. The molecule has 21 heavy (non-hydrogen) atoms. The summed E-state index contributed by atoms with van der Waals surface area (Å²) in [5.74, 6) is 1.62. The summed E-state index contributed by atoms with van der Waals surface area (Å²) in [7, 11) is 0. The molecule has 0 aliphatic heterocycles. The van der Waals surface area contributed by atoms with Crippen LogP contribution in [0.2, 0.25) is 5.02 Å². The maximum atomic E-state index is 6.21. The largest absolute Gasteiger partial charge is 0.455 e. The minimum absolute atomic E-state index is 0.329. The molecule has 1 aromatic heterocycles. The number of aromatic nitrogens is 1. The molecule has 0 unspecified atom stereocenters. The number of nitrogens with zero attached hydrogens (tertiary/aromatic N) is 1. The summed E-state index contributed by atoms with van der Waals surface area (Å²) in [5.41, 5.74) is 1.61. The molecule has 0 atom stereocenters. The molecule has 1 heterocycles. The van der Waals surface area contributed by atoms with Crippen LogP contribution in [0.15, 0.2) is 53.0 Å². The smallest absolute Gasteiger partial charge is 0.146 e. The summed E-state index contributed by atoms with van der Waals surface area (Å²) in [6, 6.07) is 15.1. The van der Waals surface area contributed by atoms with Crippen LogP contribution in [0, 0.1) is 0 Å². The lowest BCUT2D eigenvalue weighted by atomic mass is 10.2. The van der Waals surface area contributed by atoms with Gasteiger partial charge in [-0.05, 0) is 30.3 Å². The van der Waals surface area contributed by atoms with Crippen molar-refractivity contribution in [3.63, 3.8) is 0 Å². The Morgan fingerprint density at radius 1 is 1.05 bits per heavy atom. The molecule has 5 heteroatoms. The van der Waals surface area contributed by atoms with Gasteiger partial charge in [-0.1, -0.05) is 39.7 Å². The van der Waals surface area contributed by atoms with Crippen LogP contribution in [0.5, 0.6) is 11.5 Å². The predicted octanol–water partition coefficient (Wildman–Crippen LogP) is 6.18. The third kappa shape index (κ3) is 3.15. The number of fused-ring (bicyclic) bond motifs is 1. The van der Waals surface area contributed by atoms with Gasteiger partial charge < -0.3 is 4.74 Å². The van der Waals surface area contributed by atoms with E-state index in [4.69, 9.17) is 27.9 Å². The molecule has 2 aromatic carbocycles. The molecular weight excluding hydrogens is 373 g/mol. The number of hydrogen-bond acceptors (Lipinski definition) is 2. The zero-order chi connectivity index (χ0) is 14.8. The third-order valence-electron chi connectivity index (χ3n) is 2.98. The Kier molecular flexibility index (Phi) is 4.34. The minimum Gasteiger partial charge on any atom is -0.455 e. The molecule has 0 radical (unpaired) electrons. The molecule has 0 fully saturated rings. The number of para-hydroxylation sites is 1. The van der Waals surface area contributed by atoms with Gasteiger partial charge in [0.05, 0.1) is 22.1 Å². The van der Waals surface area contributed by atoms with Crippen LogP contribution in [0.4, 0.5) is 0 Å². The number of pyridine rings is 1. The van der Waals surface area contributed by atoms with Crippen molar-refractivity contribution in [2.24, 2.45) is 0 Å². The average Bonchev–Trinajstić information content (AvgIpc) is 2.49. The Labute approximate surface area is 140 Å². The van der Waals surface area contributed by atoms with Gasteiger partial charge in [-0.2, -0.15) is 0 Å². The molecule has 0 N–H and O–H groups in total. The number of halogens is 3. The van der Waals surface area contributed by atoms with Crippen molar-refractivity contribution in [1.82, 2.24) is 4.98 Å². The van der Waals surface area contributed by atoms with Gasteiger partial charge in [0.25, 0.3) is 0 Å². The molecule has 3 aromatic rings. The zero-order valence-electron chi connectivity index (χ0n) is 10.8. The number of hydrogen-bond donors (Lipinski definition) is 0. The maximum absolute atomic E-state index is 6.21. The van der Waals surface area contributed by atoms with E-state index in [9.17, 15) is 0 Å². The third-order valence-corrected chi connectivity index (χ3v) is 4.04. The molecule has 0 saturated heterocycles. The van der Waals surface area contributed by atoms with Crippen molar-refractivity contribution < 1.29 is 4.74 Å². The van der Waals surface area contributed by atoms with E-state index in [0.29, 0.717) is 22.4 Å². The van der Waals surface area contributed by atoms with Gasteiger partial charge in [-0.25, -0.2) is 0 Å². The van der Waals surface area contributed by atoms with Crippen molar-refractivity contribution in [3.8, 4) is 11.5 Å². The maximum Gasteiger partial charge on any atom is 0.146 e. The Balaban J connectivity index is 2.10. The highest BCUT2D eigenvalue weighted by Crippen LogP contribution is 2.35. The average molecular weight is 383 g/mol. The molecule has 2 nitrogen and oxygen atoms in total. The molecule has 3 rings (SSSR count). The van der Waals surface area contributed by atoms with E-state index in [-0.39, 0.29) is 0 Å². The molecule has 106 valence electrons. The standard InChI is InChI=1S/C16H10BrCl2NO/c17-10-5-6-15(13(19)7-10)21-16-8-11(9-18)20-14-4-2-1-3-12(14)16/h1-8H,9H2. The van der Waals surface area contributed by atoms with Gasteiger partial charge in [0, 0.05) is 15.9 Å². The lowest BCUT2D eigenvalue weighted by Gasteiger charge is -2.11. The number of rotatable bonds is 3. The Hall–Kier alpha value is -1.29. The van der Waals surface area contributed by atoms with E-state index in [1.54, 1.807) is 6.07 Å². The number of ether oxygens (including phenoxy) is 1. The zero-order valence-corrected chi connectivity index (χ0v) is 13.9. The van der Waals surface area contributed by atoms with Crippen molar-refractivity contribution in [2.75, 3.05) is 0 Å². The highest BCUT2D eigenvalue weighted by molar-refractivity contribution is 9.10. The van der Waals surface area contributed by atoms with Gasteiger partial charge >= 0.3 is 0 Å². The number of alkyl halides is 1. The lowest BCUT2D eigenvalue weighted by Crippen LogP contribution is -1.92. The highest BCUT2D eigenvalue weighted by atomic mass is 79.9. The SMILES string of the molecule is ClCc1cc(Oc2ccc(Br)cc2Cl)c2ccccc2n1. The second-order valence-corrected chi connectivity index (χ2v) is 6.03. The summed E-state index contributed by atoms with van der Waals surface area (Å²) < 4.78 is 6.87. The van der Waals surface area contributed by atoms with E-state index in [0.717, 1.165) is 21.1 Å². The first-order chi connectivity index (χ1) is 10.2. The van der Waals surface area contributed by atoms with Gasteiger partial charge in [-0.15, -0.1) is 11.6 Å². The fourth-order valence-electron chi connectivity index (χ4n) is 2.02. The van der Waals surface area contributed by atoms with Crippen molar-refractivity contribution in [2.45, 2.75) is 5.88 Å². The fourth-order valence-corrected chi connectivity index (χ4v) is 2.87. The van der Waals surface area contributed by atoms with Crippen LogP contribution in [-0.4, -0.2) is 4.98 Å². The first kappa shape index (κ1) is 14.6. The Morgan fingerprint density at radius 2 is 1.86 bits per heavy atom. The van der Waals surface area contributed by atoms with Crippen molar-refractivity contribution >= 4 is 50.0 Å². The Bertz CT molecular complexity index is 807. The first-order valence-electron chi connectivity index (χ1n) is 6.25. The molecule has 0 saturated carbocycles. The molecule has 0 aliphatic carbocycles. The van der Waals surface area contributed by atoms with E-state index >= 15 is 0 Å². The van der Waals surface area contributed by atoms with E-state index in [2.05, 4.69) is 20.9 Å². The van der Waals surface area contributed by atoms with Gasteiger partial charge in [-0.3, -0.25) is 4.98 Å². The highest BCUT2D eigenvalue weighted by Gasteiger charge is 2.09. The van der Waals surface area contributed by atoms with Crippen LogP contribution < -0.4 is 4.74 Å². The van der Waals surface area contributed by atoms with E-state index in [1.165, 1.54) is 0 Å². The number of benzene rings is 2. The molecule has 0 amide bonds. The van der Waals surface area contributed by atoms with Gasteiger partial charge in [0.2, 0.25) is 0 Å². The summed E-state index contributed by atoms with van der Waals surface area (Å²) >= 11 is 15.5. The van der Waals surface area contributed by atoms with Crippen LogP contribution >= 0.6 is 39.1 Å². The topological polar surface area (TPSA) is 22.1 Å². The monoisotopic (exact) mass is 381 g/mol. The molecule has 0 spiro atoms. The normalized spacial score (nSPS) is 10.8. The van der Waals surface area contributed by atoms with Gasteiger partial charge in [0.1, 0.15) is 11.5 Å². The summed E-state index contributed by atoms with van der Waals surface area (Å²) in [6.45, 7) is 0. The van der Waals surface area contributed by atoms with Crippen molar-refractivity contribution in [1.29, 1.82) is 0 Å². The van der Waals surface area contributed by atoms with E-state index in [1.807, 2.05) is 42.5 Å². The van der Waals surface area contributed by atoms with E-state index < -0.39 is 0 Å². The fraction of sp³-hybridized carbons (Fsp3) is 0.0625. The summed E-state index contributed by atoms with van der Waals surface area (Å²) in [6.07, 6.45) is 0. The minimum atomic E-state index is 0.329. The van der Waals surface area contributed by atoms with Crippen LogP contribution in [0.3, 0.4) is 0 Å². The summed E-state index contributed by atoms with van der Waals surface area (Å²) in [4.78, 5) is 4.48. The second-order valence-electron chi connectivity index (χ2n) is 4.44.